The number of hydrogen-bond acceptors (Lipinski definition) is 2. The van der Waals surface area contributed by atoms with Gasteiger partial charge in [-0.25, -0.2) is 0 Å². The fraction of sp³-hybridized carbons (Fsp3) is 1.00. The summed E-state index contributed by atoms with van der Waals surface area (Å²) >= 11 is 0. The second-order valence-corrected chi connectivity index (χ2v) is 3.46. The summed E-state index contributed by atoms with van der Waals surface area (Å²) < 4.78 is 0. The van der Waals surface area contributed by atoms with Crippen molar-refractivity contribution in [2.45, 2.75) is 19.4 Å². The Balaban J connectivity index is 2.32. The molecular weight excluding hydrogens is 124 g/mol. The van der Waals surface area contributed by atoms with Crippen LogP contribution in [0.5, 0.6) is 0 Å². The van der Waals surface area contributed by atoms with Crippen LogP contribution < -0.4 is 5.32 Å². The first-order valence-electron chi connectivity index (χ1n) is 4.09. The van der Waals surface area contributed by atoms with E-state index >= 15 is 0 Å². The third kappa shape index (κ3) is 1.70. The zero-order chi connectivity index (χ0) is 7.56. The van der Waals surface area contributed by atoms with E-state index in [0.717, 1.165) is 12.0 Å². The molecule has 1 saturated heterocycles. The lowest BCUT2D eigenvalue weighted by Crippen LogP contribution is -2.33. The summed E-state index contributed by atoms with van der Waals surface area (Å²) in [5, 5.41) is 3.38. The average Bonchev–Trinajstić information content (AvgIpc) is 2.36. The normalized spacial score (nSPS) is 29.4. The Bertz CT molecular complexity index is 95.4. The summed E-state index contributed by atoms with van der Waals surface area (Å²) in [4.78, 5) is 2.30. The molecule has 1 aliphatic rings. The molecule has 0 bridgehead atoms. The molecule has 0 radical (unpaired) electrons. The average molecular weight is 142 g/mol. The minimum atomic E-state index is 0.731. The van der Waals surface area contributed by atoms with Crippen molar-refractivity contribution < 1.29 is 0 Å². The summed E-state index contributed by atoms with van der Waals surface area (Å²) in [6, 6.07) is 0.731. The Labute approximate surface area is 63.6 Å². The first-order chi connectivity index (χ1) is 4.72. The molecule has 0 amide bonds. The molecule has 1 N–H and O–H groups in total. The molecule has 1 heterocycles. The van der Waals surface area contributed by atoms with Gasteiger partial charge in [-0.3, -0.25) is 0 Å². The van der Waals surface area contributed by atoms with Crippen LogP contribution in [0.4, 0.5) is 0 Å². The SMILES string of the molecule is CC(C1CCNC1)N(C)C. The van der Waals surface area contributed by atoms with Crippen molar-refractivity contribution in [3.63, 3.8) is 0 Å². The molecular formula is C8H18N2. The molecule has 2 heteroatoms. The smallest absolute Gasteiger partial charge is 0.0102 e. The van der Waals surface area contributed by atoms with E-state index in [1.165, 1.54) is 19.5 Å². The van der Waals surface area contributed by atoms with E-state index in [4.69, 9.17) is 0 Å². The summed E-state index contributed by atoms with van der Waals surface area (Å²) in [7, 11) is 4.31. The highest BCUT2D eigenvalue weighted by atomic mass is 15.1. The van der Waals surface area contributed by atoms with Gasteiger partial charge in [0.15, 0.2) is 0 Å². The predicted octanol–water partition coefficient (Wildman–Crippen LogP) is 0.546. The Morgan fingerprint density at radius 3 is 2.60 bits per heavy atom. The van der Waals surface area contributed by atoms with Gasteiger partial charge in [0, 0.05) is 6.04 Å². The Morgan fingerprint density at radius 1 is 1.50 bits per heavy atom. The molecule has 0 aromatic heterocycles. The van der Waals surface area contributed by atoms with Crippen molar-refractivity contribution in [2.24, 2.45) is 5.92 Å². The Hall–Kier alpha value is -0.0800. The van der Waals surface area contributed by atoms with Gasteiger partial charge >= 0.3 is 0 Å². The maximum atomic E-state index is 3.38. The van der Waals surface area contributed by atoms with E-state index in [2.05, 4.69) is 31.2 Å². The van der Waals surface area contributed by atoms with E-state index in [1.807, 2.05) is 0 Å². The highest BCUT2D eigenvalue weighted by molar-refractivity contribution is 4.79. The lowest BCUT2D eigenvalue weighted by Gasteiger charge is -2.25. The lowest BCUT2D eigenvalue weighted by atomic mass is 10.00. The van der Waals surface area contributed by atoms with Gasteiger partial charge in [0.05, 0.1) is 0 Å². The minimum Gasteiger partial charge on any atom is -0.316 e. The molecule has 1 aliphatic heterocycles. The van der Waals surface area contributed by atoms with E-state index in [-0.39, 0.29) is 0 Å². The fourth-order valence-corrected chi connectivity index (χ4v) is 1.51. The van der Waals surface area contributed by atoms with Crippen LogP contribution in [0, 0.1) is 5.92 Å². The van der Waals surface area contributed by atoms with Gasteiger partial charge in [-0.2, -0.15) is 0 Å². The second-order valence-electron chi connectivity index (χ2n) is 3.46. The quantitative estimate of drug-likeness (QED) is 0.605. The largest absolute Gasteiger partial charge is 0.316 e. The number of nitrogens with zero attached hydrogens (tertiary/aromatic N) is 1. The van der Waals surface area contributed by atoms with Gasteiger partial charge in [0.2, 0.25) is 0 Å². The zero-order valence-corrected chi connectivity index (χ0v) is 7.22. The van der Waals surface area contributed by atoms with E-state index < -0.39 is 0 Å². The number of nitrogens with one attached hydrogen (secondary N) is 1. The topological polar surface area (TPSA) is 15.3 Å². The van der Waals surface area contributed by atoms with Crippen LogP contribution in [0.3, 0.4) is 0 Å². The zero-order valence-electron chi connectivity index (χ0n) is 7.22. The van der Waals surface area contributed by atoms with Crippen molar-refractivity contribution in [1.29, 1.82) is 0 Å². The van der Waals surface area contributed by atoms with Crippen molar-refractivity contribution in [3.8, 4) is 0 Å². The van der Waals surface area contributed by atoms with Gasteiger partial charge in [-0.15, -0.1) is 0 Å². The van der Waals surface area contributed by atoms with E-state index in [9.17, 15) is 0 Å². The van der Waals surface area contributed by atoms with Gasteiger partial charge in [0.25, 0.3) is 0 Å². The Kier molecular flexibility index (Phi) is 2.69. The van der Waals surface area contributed by atoms with Crippen molar-refractivity contribution >= 4 is 0 Å². The first-order valence-corrected chi connectivity index (χ1v) is 4.09. The monoisotopic (exact) mass is 142 g/mol. The summed E-state index contributed by atoms with van der Waals surface area (Å²) in [6.07, 6.45) is 1.35. The summed E-state index contributed by atoms with van der Waals surface area (Å²) in [6.45, 7) is 4.72. The summed E-state index contributed by atoms with van der Waals surface area (Å²) in [5.41, 5.74) is 0. The van der Waals surface area contributed by atoms with Crippen molar-refractivity contribution in [1.82, 2.24) is 10.2 Å². The molecule has 0 aromatic rings. The maximum Gasteiger partial charge on any atom is 0.0102 e. The van der Waals surface area contributed by atoms with Crippen molar-refractivity contribution in [3.05, 3.63) is 0 Å². The molecule has 0 aliphatic carbocycles. The molecule has 1 fully saturated rings. The third-order valence-corrected chi connectivity index (χ3v) is 2.60. The molecule has 1 rings (SSSR count). The lowest BCUT2D eigenvalue weighted by molar-refractivity contribution is 0.238. The van der Waals surface area contributed by atoms with Crippen LogP contribution in [0.1, 0.15) is 13.3 Å². The van der Waals surface area contributed by atoms with Crippen LogP contribution in [0.2, 0.25) is 0 Å². The molecule has 10 heavy (non-hydrogen) atoms. The number of hydrogen-bond donors (Lipinski definition) is 1. The van der Waals surface area contributed by atoms with Crippen LogP contribution in [0.15, 0.2) is 0 Å². The first kappa shape index (κ1) is 8.02. The molecule has 0 saturated carbocycles. The molecule has 2 nitrogen and oxygen atoms in total. The second kappa shape index (κ2) is 3.35. The maximum absolute atomic E-state index is 3.38. The highest BCUT2D eigenvalue weighted by Crippen LogP contribution is 2.15. The molecule has 2 unspecified atom stereocenters. The van der Waals surface area contributed by atoms with Crippen LogP contribution in [-0.2, 0) is 0 Å². The number of rotatable bonds is 2. The molecule has 60 valence electrons. The van der Waals surface area contributed by atoms with E-state index in [1.54, 1.807) is 0 Å². The van der Waals surface area contributed by atoms with Crippen LogP contribution in [0.25, 0.3) is 0 Å². The minimum absolute atomic E-state index is 0.731. The van der Waals surface area contributed by atoms with Crippen LogP contribution >= 0.6 is 0 Å². The van der Waals surface area contributed by atoms with Gasteiger partial charge in [0.1, 0.15) is 0 Å². The Morgan fingerprint density at radius 2 is 2.20 bits per heavy atom. The van der Waals surface area contributed by atoms with Crippen LogP contribution in [-0.4, -0.2) is 38.1 Å². The van der Waals surface area contributed by atoms with Gasteiger partial charge in [-0.05, 0) is 46.4 Å². The highest BCUT2D eigenvalue weighted by Gasteiger charge is 2.21. The third-order valence-electron chi connectivity index (χ3n) is 2.60. The summed E-state index contributed by atoms with van der Waals surface area (Å²) in [5.74, 6) is 0.870. The van der Waals surface area contributed by atoms with Gasteiger partial charge < -0.3 is 10.2 Å². The predicted molar refractivity (Wildman–Crippen MR) is 44.1 cm³/mol. The molecule has 2 atom stereocenters. The van der Waals surface area contributed by atoms with E-state index in [0.29, 0.717) is 0 Å². The standard InChI is InChI=1S/C8H18N2/c1-7(10(2)3)8-4-5-9-6-8/h7-9H,4-6H2,1-3H3. The fourth-order valence-electron chi connectivity index (χ4n) is 1.51. The molecule has 0 aromatic carbocycles. The van der Waals surface area contributed by atoms with Crippen molar-refractivity contribution in [2.75, 3.05) is 27.2 Å². The molecule has 0 spiro atoms. The van der Waals surface area contributed by atoms with Gasteiger partial charge in [-0.1, -0.05) is 0 Å².